The Morgan fingerprint density at radius 3 is 2.73 bits per heavy atom. The SMILES string of the molecule is Cn1c(C2CC2)c(Br)c2c(O)cccc21. The van der Waals surface area contributed by atoms with Gasteiger partial charge in [-0.1, -0.05) is 6.07 Å². The topological polar surface area (TPSA) is 25.2 Å². The summed E-state index contributed by atoms with van der Waals surface area (Å²) < 4.78 is 3.26. The average Bonchev–Trinajstić information content (AvgIpc) is 2.98. The molecule has 2 aromatic rings. The summed E-state index contributed by atoms with van der Waals surface area (Å²) in [5.74, 6) is 1.04. The van der Waals surface area contributed by atoms with Gasteiger partial charge in [0.05, 0.1) is 15.4 Å². The van der Waals surface area contributed by atoms with E-state index in [1.54, 1.807) is 6.07 Å². The van der Waals surface area contributed by atoms with Gasteiger partial charge in [-0.25, -0.2) is 0 Å². The van der Waals surface area contributed by atoms with E-state index in [2.05, 4.69) is 27.5 Å². The highest BCUT2D eigenvalue weighted by Gasteiger charge is 2.30. The quantitative estimate of drug-likeness (QED) is 0.839. The van der Waals surface area contributed by atoms with Crippen LogP contribution < -0.4 is 0 Å². The minimum atomic E-state index is 0.363. The number of aromatic hydroxyl groups is 1. The van der Waals surface area contributed by atoms with Crippen LogP contribution >= 0.6 is 15.9 Å². The fourth-order valence-electron chi connectivity index (χ4n) is 2.25. The van der Waals surface area contributed by atoms with Crippen molar-refractivity contribution < 1.29 is 5.11 Å². The first-order chi connectivity index (χ1) is 7.20. The summed E-state index contributed by atoms with van der Waals surface area (Å²) in [7, 11) is 2.07. The van der Waals surface area contributed by atoms with Gasteiger partial charge in [-0.05, 0) is 40.9 Å². The maximum Gasteiger partial charge on any atom is 0.126 e. The number of rotatable bonds is 1. The van der Waals surface area contributed by atoms with Crippen molar-refractivity contribution in [1.29, 1.82) is 0 Å². The van der Waals surface area contributed by atoms with Crippen molar-refractivity contribution >= 4 is 26.8 Å². The lowest BCUT2D eigenvalue weighted by Crippen LogP contribution is -1.93. The standard InChI is InChI=1S/C12H12BrNO/c1-14-8-3-2-4-9(15)10(8)11(13)12(14)7-5-6-7/h2-4,7,15H,5-6H2,1H3. The van der Waals surface area contributed by atoms with Crippen LogP contribution in [0.4, 0.5) is 0 Å². The lowest BCUT2D eigenvalue weighted by Gasteiger charge is -2.01. The molecule has 0 bridgehead atoms. The van der Waals surface area contributed by atoms with Gasteiger partial charge in [0.25, 0.3) is 0 Å². The summed E-state index contributed by atoms with van der Waals surface area (Å²) in [5.41, 5.74) is 2.43. The summed E-state index contributed by atoms with van der Waals surface area (Å²) in [6.45, 7) is 0. The second kappa shape index (κ2) is 3.01. The molecule has 1 saturated carbocycles. The normalized spacial score (nSPS) is 16.1. The van der Waals surface area contributed by atoms with Gasteiger partial charge in [0.1, 0.15) is 5.75 Å². The van der Waals surface area contributed by atoms with Crippen LogP contribution in [-0.2, 0) is 7.05 Å². The van der Waals surface area contributed by atoms with Crippen LogP contribution in [0.3, 0.4) is 0 Å². The van der Waals surface area contributed by atoms with Crippen LogP contribution in [0.2, 0.25) is 0 Å². The summed E-state index contributed by atoms with van der Waals surface area (Å²) in [6.07, 6.45) is 2.53. The second-order valence-electron chi connectivity index (χ2n) is 4.20. The molecular weight excluding hydrogens is 254 g/mol. The van der Waals surface area contributed by atoms with Crippen molar-refractivity contribution in [2.45, 2.75) is 18.8 Å². The Labute approximate surface area is 96.6 Å². The van der Waals surface area contributed by atoms with Crippen molar-refractivity contribution in [2.75, 3.05) is 0 Å². The van der Waals surface area contributed by atoms with E-state index in [1.165, 1.54) is 18.5 Å². The fraction of sp³-hybridized carbons (Fsp3) is 0.333. The monoisotopic (exact) mass is 265 g/mol. The van der Waals surface area contributed by atoms with Gasteiger partial charge >= 0.3 is 0 Å². The molecule has 1 aliphatic rings. The first kappa shape index (κ1) is 9.28. The molecule has 0 radical (unpaired) electrons. The van der Waals surface area contributed by atoms with Crippen molar-refractivity contribution in [1.82, 2.24) is 4.57 Å². The Kier molecular flexibility index (Phi) is 1.87. The minimum absolute atomic E-state index is 0.363. The molecule has 15 heavy (non-hydrogen) atoms. The number of benzene rings is 1. The summed E-state index contributed by atoms with van der Waals surface area (Å²) in [5, 5.41) is 10.8. The molecule has 0 amide bonds. The highest BCUT2D eigenvalue weighted by atomic mass is 79.9. The highest BCUT2D eigenvalue weighted by Crippen LogP contribution is 2.48. The molecule has 0 aliphatic heterocycles. The molecule has 0 saturated heterocycles. The molecule has 0 spiro atoms. The third-order valence-corrected chi connectivity index (χ3v) is 3.95. The van der Waals surface area contributed by atoms with Crippen molar-refractivity contribution in [3.8, 4) is 5.75 Å². The van der Waals surface area contributed by atoms with Gasteiger partial charge in [0.15, 0.2) is 0 Å². The zero-order chi connectivity index (χ0) is 10.6. The number of nitrogens with zero attached hydrogens (tertiary/aromatic N) is 1. The smallest absolute Gasteiger partial charge is 0.126 e. The second-order valence-corrected chi connectivity index (χ2v) is 5.00. The van der Waals surface area contributed by atoms with Crippen molar-refractivity contribution in [2.24, 2.45) is 7.05 Å². The first-order valence-corrected chi connectivity index (χ1v) is 5.95. The largest absolute Gasteiger partial charge is 0.507 e. The summed E-state index contributed by atoms with van der Waals surface area (Å²) in [6, 6.07) is 5.68. The molecule has 1 aromatic carbocycles. The lowest BCUT2D eigenvalue weighted by molar-refractivity contribution is 0.481. The van der Waals surface area contributed by atoms with E-state index in [4.69, 9.17) is 0 Å². The first-order valence-electron chi connectivity index (χ1n) is 5.16. The molecule has 3 rings (SSSR count). The Morgan fingerprint density at radius 1 is 1.40 bits per heavy atom. The number of aryl methyl sites for hydroxylation is 1. The minimum Gasteiger partial charge on any atom is -0.507 e. The molecule has 1 heterocycles. The molecule has 3 heteroatoms. The summed E-state index contributed by atoms with van der Waals surface area (Å²) >= 11 is 3.61. The number of fused-ring (bicyclic) bond motifs is 1. The Bertz CT molecular complexity index is 540. The molecule has 1 N–H and O–H groups in total. The van der Waals surface area contributed by atoms with Gasteiger partial charge in [0, 0.05) is 18.7 Å². The summed E-state index contributed by atoms with van der Waals surface area (Å²) in [4.78, 5) is 0. The maximum atomic E-state index is 9.85. The Hall–Kier alpha value is -0.960. The Morgan fingerprint density at radius 2 is 2.13 bits per heavy atom. The van der Waals surface area contributed by atoms with E-state index in [9.17, 15) is 5.11 Å². The van der Waals surface area contributed by atoms with Gasteiger partial charge < -0.3 is 9.67 Å². The van der Waals surface area contributed by atoms with E-state index in [0.717, 1.165) is 15.4 Å². The van der Waals surface area contributed by atoms with E-state index in [1.807, 2.05) is 12.1 Å². The van der Waals surface area contributed by atoms with Crippen molar-refractivity contribution in [3.05, 3.63) is 28.4 Å². The van der Waals surface area contributed by atoms with E-state index >= 15 is 0 Å². The lowest BCUT2D eigenvalue weighted by atomic mass is 10.2. The number of hydrogen-bond acceptors (Lipinski definition) is 1. The zero-order valence-electron chi connectivity index (χ0n) is 8.50. The number of phenols is 1. The molecular formula is C12H12BrNO. The highest BCUT2D eigenvalue weighted by molar-refractivity contribution is 9.10. The van der Waals surface area contributed by atoms with Crippen molar-refractivity contribution in [3.63, 3.8) is 0 Å². The van der Waals surface area contributed by atoms with Crippen LogP contribution in [-0.4, -0.2) is 9.67 Å². The van der Waals surface area contributed by atoms with E-state index in [-0.39, 0.29) is 0 Å². The number of aromatic nitrogens is 1. The zero-order valence-corrected chi connectivity index (χ0v) is 10.1. The van der Waals surface area contributed by atoms with E-state index < -0.39 is 0 Å². The molecule has 1 aromatic heterocycles. The number of phenolic OH excluding ortho intramolecular Hbond substituents is 1. The molecule has 78 valence electrons. The van der Waals surface area contributed by atoms with Crippen LogP contribution in [0.1, 0.15) is 24.5 Å². The van der Waals surface area contributed by atoms with E-state index in [0.29, 0.717) is 11.7 Å². The molecule has 1 aliphatic carbocycles. The van der Waals surface area contributed by atoms with Crippen LogP contribution in [0.5, 0.6) is 5.75 Å². The third kappa shape index (κ3) is 1.22. The third-order valence-electron chi connectivity index (χ3n) is 3.15. The predicted octanol–water partition coefficient (Wildman–Crippen LogP) is 3.52. The number of halogens is 1. The molecule has 0 atom stereocenters. The van der Waals surface area contributed by atoms with Gasteiger partial charge in [-0.3, -0.25) is 0 Å². The Balaban J connectivity index is 2.42. The average molecular weight is 266 g/mol. The maximum absolute atomic E-state index is 9.85. The van der Waals surface area contributed by atoms with Gasteiger partial charge in [-0.2, -0.15) is 0 Å². The molecule has 1 fully saturated rings. The fourth-order valence-corrected chi connectivity index (χ4v) is 3.24. The van der Waals surface area contributed by atoms with Crippen LogP contribution in [0, 0.1) is 0 Å². The number of hydrogen-bond donors (Lipinski definition) is 1. The predicted molar refractivity (Wildman–Crippen MR) is 64.3 cm³/mol. The van der Waals surface area contributed by atoms with Crippen LogP contribution in [0.25, 0.3) is 10.9 Å². The van der Waals surface area contributed by atoms with Gasteiger partial charge in [0.2, 0.25) is 0 Å². The van der Waals surface area contributed by atoms with Gasteiger partial charge in [-0.15, -0.1) is 0 Å². The van der Waals surface area contributed by atoms with Crippen LogP contribution in [0.15, 0.2) is 22.7 Å². The molecule has 0 unspecified atom stereocenters. The molecule has 2 nitrogen and oxygen atoms in total.